The van der Waals surface area contributed by atoms with Crippen molar-refractivity contribution in [2.45, 2.75) is 51.6 Å². The lowest BCUT2D eigenvalue weighted by atomic mass is 9.92. The molecule has 1 aromatic rings. The van der Waals surface area contributed by atoms with Gasteiger partial charge in [-0.25, -0.2) is 9.59 Å². The first kappa shape index (κ1) is 21.4. The zero-order valence-electron chi connectivity index (χ0n) is 17.9. The van der Waals surface area contributed by atoms with Crippen LogP contribution in [0.1, 0.15) is 45.7 Å². The summed E-state index contributed by atoms with van der Waals surface area (Å²) in [6, 6.07) is 1.60. The van der Waals surface area contributed by atoms with E-state index in [0.29, 0.717) is 32.1 Å². The Morgan fingerprint density at radius 1 is 1.07 bits per heavy atom. The molecule has 0 aliphatic carbocycles. The Bertz CT molecular complexity index is 706. The van der Waals surface area contributed by atoms with Gasteiger partial charge in [0.2, 0.25) is 5.88 Å². The summed E-state index contributed by atoms with van der Waals surface area (Å²) in [6.45, 7) is 9.83. The summed E-state index contributed by atoms with van der Waals surface area (Å²) in [6.07, 6.45) is 2.74. The van der Waals surface area contributed by atoms with Crippen molar-refractivity contribution in [3.05, 3.63) is 11.8 Å². The predicted octanol–water partition coefficient (Wildman–Crippen LogP) is 2.74. The number of hydrogen-bond donors (Lipinski definition) is 1. The maximum absolute atomic E-state index is 12.8. The van der Waals surface area contributed by atoms with E-state index in [-0.39, 0.29) is 23.6 Å². The third-order valence-corrected chi connectivity index (χ3v) is 5.61. The molecule has 0 aromatic carbocycles. The first-order valence-electron chi connectivity index (χ1n) is 10.4. The molecule has 0 bridgehead atoms. The molecule has 0 spiro atoms. The second-order valence-corrected chi connectivity index (χ2v) is 8.79. The molecule has 0 atom stereocenters. The first-order chi connectivity index (χ1) is 13.8. The number of nitrogens with one attached hydrogen (secondary N) is 1. The number of carbonyl (C=O) groups is 2. The number of aromatic nitrogens is 1. The van der Waals surface area contributed by atoms with Crippen LogP contribution in [-0.2, 0) is 10.2 Å². The van der Waals surface area contributed by atoms with Crippen LogP contribution in [0.3, 0.4) is 0 Å². The normalized spacial score (nSPS) is 19.2. The summed E-state index contributed by atoms with van der Waals surface area (Å²) in [4.78, 5) is 30.9. The lowest BCUT2D eigenvalue weighted by molar-refractivity contribution is 0.0447. The van der Waals surface area contributed by atoms with Crippen molar-refractivity contribution >= 4 is 17.9 Å². The molecule has 0 unspecified atom stereocenters. The zero-order valence-corrected chi connectivity index (χ0v) is 17.9. The minimum atomic E-state index is -0.225. The SMILES string of the molecule is COC1CCN(C(=O)N2CCCN(C(=O)Nc3cc(C(C)(C)C)no3)CC2)CC1. The highest BCUT2D eigenvalue weighted by Gasteiger charge is 2.29. The van der Waals surface area contributed by atoms with Gasteiger partial charge in [0.1, 0.15) is 0 Å². The molecule has 2 aliphatic rings. The fourth-order valence-electron chi connectivity index (χ4n) is 3.67. The Hall–Kier alpha value is -2.29. The molecule has 0 radical (unpaired) electrons. The molecule has 1 aromatic heterocycles. The average molecular weight is 408 g/mol. The van der Waals surface area contributed by atoms with Gasteiger partial charge >= 0.3 is 12.1 Å². The third kappa shape index (κ3) is 5.41. The van der Waals surface area contributed by atoms with Crippen LogP contribution in [0.25, 0.3) is 0 Å². The number of carbonyl (C=O) groups excluding carboxylic acids is 2. The molecule has 9 nitrogen and oxygen atoms in total. The van der Waals surface area contributed by atoms with Crippen LogP contribution in [0.2, 0.25) is 0 Å². The topological polar surface area (TPSA) is 91.2 Å². The number of likely N-dealkylation sites (tertiary alicyclic amines) is 1. The number of anilines is 1. The number of urea groups is 2. The minimum absolute atomic E-state index is 0.0619. The Balaban J connectivity index is 1.51. The van der Waals surface area contributed by atoms with Crippen molar-refractivity contribution in [1.29, 1.82) is 0 Å². The molecule has 29 heavy (non-hydrogen) atoms. The van der Waals surface area contributed by atoms with Gasteiger partial charge in [0.15, 0.2) is 0 Å². The van der Waals surface area contributed by atoms with E-state index in [1.165, 1.54) is 0 Å². The van der Waals surface area contributed by atoms with E-state index < -0.39 is 0 Å². The molecule has 2 saturated heterocycles. The molecule has 9 heteroatoms. The first-order valence-corrected chi connectivity index (χ1v) is 10.4. The monoisotopic (exact) mass is 407 g/mol. The van der Waals surface area contributed by atoms with Gasteiger partial charge in [-0.1, -0.05) is 25.9 Å². The number of amides is 4. The van der Waals surface area contributed by atoms with Gasteiger partial charge in [0.05, 0.1) is 11.8 Å². The van der Waals surface area contributed by atoms with Crippen molar-refractivity contribution in [3.8, 4) is 0 Å². The van der Waals surface area contributed by atoms with E-state index in [1.54, 1.807) is 18.1 Å². The molecular weight excluding hydrogens is 374 g/mol. The van der Waals surface area contributed by atoms with Crippen molar-refractivity contribution in [3.63, 3.8) is 0 Å². The molecule has 3 rings (SSSR count). The molecule has 0 saturated carbocycles. The fourth-order valence-corrected chi connectivity index (χ4v) is 3.67. The Labute approximate surface area is 172 Å². The summed E-state index contributed by atoms with van der Waals surface area (Å²) in [5.41, 5.74) is 0.644. The van der Waals surface area contributed by atoms with Crippen molar-refractivity contribution in [1.82, 2.24) is 19.9 Å². The van der Waals surface area contributed by atoms with Crippen molar-refractivity contribution in [2.24, 2.45) is 0 Å². The van der Waals surface area contributed by atoms with E-state index >= 15 is 0 Å². The largest absolute Gasteiger partial charge is 0.381 e. The highest BCUT2D eigenvalue weighted by molar-refractivity contribution is 5.88. The molecule has 2 fully saturated rings. The number of piperidine rings is 1. The smallest absolute Gasteiger partial charge is 0.324 e. The number of methoxy groups -OCH3 is 1. The Morgan fingerprint density at radius 2 is 1.69 bits per heavy atom. The van der Waals surface area contributed by atoms with Crippen LogP contribution in [0.15, 0.2) is 10.6 Å². The van der Waals surface area contributed by atoms with Gasteiger partial charge in [-0.2, -0.15) is 0 Å². The summed E-state index contributed by atoms with van der Waals surface area (Å²) >= 11 is 0. The van der Waals surface area contributed by atoms with E-state index in [9.17, 15) is 9.59 Å². The number of rotatable bonds is 2. The Kier molecular flexibility index (Phi) is 6.66. The summed E-state index contributed by atoms with van der Waals surface area (Å²) in [5.74, 6) is 0.345. The summed E-state index contributed by atoms with van der Waals surface area (Å²) in [5, 5.41) is 6.81. The average Bonchev–Trinajstić information content (AvgIpc) is 3.03. The Morgan fingerprint density at radius 3 is 2.31 bits per heavy atom. The van der Waals surface area contributed by atoms with E-state index in [1.807, 2.05) is 30.6 Å². The van der Waals surface area contributed by atoms with Gasteiger partial charge in [0.25, 0.3) is 0 Å². The molecule has 1 N–H and O–H groups in total. The van der Waals surface area contributed by atoms with Crippen LogP contribution >= 0.6 is 0 Å². The van der Waals surface area contributed by atoms with Gasteiger partial charge in [-0.3, -0.25) is 5.32 Å². The molecule has 2 aliphatic heterocycles. The van der Waals surface area contributed by atoms with Crippen LogP contribution in [0.5, 0.6) is 0 Å². The van der Waals surface area contributed by atoms with Gasteiger partial charge in [0, 0.05) is 57.9 Å². The highest BCUT2D eigenvalue weighted by Crippen LogP contribution is 2.24. The van der Waals surface area contributed by atoms with Crippen LogP contribution < -0.4 is 5.32 Å². The van der Waals surface area contributed by atoms with E-state index in [4.69, 9.17) is 9.26 Å². The quantitative estimate of drug-likeness (QED) is 0.814. The van der Waals surface area contributed by atoms with Gasteiger partial charge < -0.3 is 24.0 Å². The molecule has 162 valence electrons. The molecular formula is C20H33N5O4. The number of ether oxygens (including phenoxy) is 1. The molecule has 4 amide bonds. The third-order valence-electron chi connectivity index (χ3n) is 5.61. The second-order valence-electron chi connectivity index (χ2n) is 8.79. The van der Waals surface area contributed by atoms with Crippen LogP contribution in [0, 0.1) is 0 Å². The van der Waals surface area contributed by atoms with E-state index in [2.05, 4.69) is 10.5 Å². The second kappa shape index (κ2) is 9.02. The maximum atomic E-state index is 12.8. The predicted molar refractivity (Wildman–Crippen MR) is 109 cm³/mol. The summed E-state index contributed by atoms with van der Waals surface area (Å²) < 4.78 is 10.6. The number of hydrogen-bond acceptors (Lipinski definition) is 5. The zero-order chi connectivity index (χ0) is 21.0. The lowest BCUT2D eigenvalue weighted by Crippen LogP contribution is -2.49. The standard InChI is InChI=1S/C20H33N5O4/c1-20(2,3)16-14-17(29-22-16)21-18(26)23-8-5-9-24(13-12-23)19(27)25-10-6-15(28-4)7-11-25/h14-15H,5-13H2,1-4H3,(H,21,26). The van der Waals surface area contributed by atoms with Gasteiger partial charge in [-0.05, 0) is 19.3 Å². The minimum Gasteiger partial charge on any atom is -0.381 e. The van der Waals surface area contributed by atoms with Crippen molar-refractivity contribution < 1.29 is 18.8 Å². The molecule has 3 heterocycles. The maximum Gasteiger partial charge on any atom is 0.324 e. The summed E-state index contributed by atoms with van der Waals surface area (Å²) in [7, 11) is 1.72. The van der Waals surface area contributed by atoms with Gasteiger partial charge in [-0.15, -0.1) is 0 Å². The highest BCUT2D eigenvalue weighted by atomic mass is 16.5. The van der Waals surface area contributed by atoms with E-state index in [0.717, 1.165) is 38.0 Å². The fraction of sp³-hybridized carbons (Fsp3) is 0.750. The van der Waals surface area contributed by atoms with Crippen molar-refractivity contribution in [2.75, 3.05) is 51.7 Å². The van der Waals surface area contributed by atoms with Crippen LogP contribution in [-0.4, -0.2) is 84.4 Å². The lowest BCUT2D eigenvalue weighted by Gasteiger charge is -2.35. The number of nitrogens with zero attached hydrogens (tertiary/aromatic N) is 4. The van der Waals surface area contributed by atoms with Crippen LogP contribution in [0.4, 0.5) is 15.5 Å².